The van der Waals surface area contributed by atoms with Gasteiger partial charge in [0.25, 0.3) is 0 Å². The number of H-pyrrole nitrogens is 2. The molecule has 8 bridgehead atoms. The summed E-state index contributed by atoms with van der Waals surface area (Å²) in [7, 11) is 0. The standard InChI is InChI=1S/C24BF20.C20H14N4.4C6H5.Mn/c26-5-1(6(27)14(35)21(42)13(5)34)25(2-7(28)15(36)22(43)16(37)8(2)29,3-9(30)17(38)23(44)18(39)10(3)31)4-11(32)19(40)24(45)20(41)12(4)33;1-2-14-10-16-5-6-18(23-16)12-20-8-7-19(24-20)11-17-4-3-15(22-17)9-13(1)21-14;4*1-2-4-6-5-3-1;/h;1-12,21-22H;4*1-5H;/q-1;;4*-1;+2. The molecule has 0 unspecified atom stereocenters. The van der Waals surface area contributed by atoms with Crippen molar-refractivity contribution >= 4 is 74.4 Å². The van der Waals surface area contributed by atoms with Gasteiger partial charge in [-0.1, -0.05) is 0 Å². The van der Waals surface area contributed by atoms with Crippen molar-refractivity contribution < 1.29 is 105 Å². The van der Waals surface area contributed by atoms with E-state index in [1.807, 2.05) is 164 Å². The van der Waals surface area contributed by atoms with Gasteiger partial charge in [0, 0.05) is 22.1 Å². The van der Waals surface area contributed by atoms with Gasteiger partial charge in [-0.3, -0.25) is 0 Å². The third-order valence-electron chi connectivity index (χ3n) is 13.2. The maximum atomic E-state index is 15.4. The number of aromatic amines is 2. The average Bonchev–Trinajstić information content (AvgIpc) is 0.785. The first-order chi connectivity index (χ1) is 44.5. The Bertz CT molecular complexity index is 3990. The van der Waals surface area contributed by atoms with Crippen LogP contribution in [-0.2, 0) is 17.1 Å². The van der Waals surface area contributed by atoms with Crippen LogP contribution in [0.2, 0.25) is 0 Å². The van der Waals surface area contributed by atoms with Crippen LogP contribution in [0.5, 0.6) is 0 Å². The Labute approximate surface area is 530 Å². The first kappa shape index (κ1) is 71.0. The Kier molecular flexibility index (Phi) is 24.0. The maximum absolute atomic E-state index is 15.4. The molecule has 0 aliphatic carbocycles. The molecule has 2 aliphatic rings. The van der Waals surface area contributed by atoms with Gasteiger partial charge in [-0.15, -0.1) is 21.9 Å². The van der Waals surface area contributed by atoms with Crippen molar-refractivity contribution in [3.8, 4) is 0 Å². The van der Waals surface area contributed by atoms with E-state index in [0.717, 1.165) is 44.8 Å². The molecule has 1 radical (unpaired) electrons. The van der Waals surface area contributed by atoms with Crippen molar-refractivity contribution in [1.82, 2.24) is 19.9 Å². The van der Waals surface area contributed by atoms with E-state index in [4.69, 9.17) is 0 Å². The summed E-state index contributed by atoms with van der Waals surface area (Å²) in [5.74, 6) is -71.4. The van der Waals surface area contributed by atoms with Gasteiger partial charge >= 0.3 is 17.1 Å². The van der Waals surface area contributed by atoms with E-state index < -0.39 is 144 Å². The van der Waals surface area contributed by atoms with Gasteiger partial charge in [-0.25, -0.2) is 97.8 Å². The fraction of sp³-hybridized carbons (Fsp3) is 0. The summed E-state index contributed by atoms with van der Waals surface area (Å²) in [5.41, 5.74) is -6.47. The van der Waals surface area contributed by atoms with Crippen LogP contribution in [0.15, 0.2) is 170 Å². The normalized spacial score (nSPS) is 11.0. The Morgan fingerprint density at radius 3 is 0.596 bits per heavy atom. The summed E-state index contributed by atoms with van der Waals surface area (Å²) in [6.45, 7) is 0. The van der Waals surface area contributed by atoms with Crippen molar-refractivity contribution in [3.05, 3.63) is 333 Å². The van der Waals surface area contributed by atoms with Gasteiger partial charge in [0.05, 0.1) is 22.8 Å². The minimum absolute atomic E-state index is 0. The second-order valence-corrected chi connectivity index (χ2v) is 19.0. The SMILES string of the molecule is C1=Cc2cc3ccc(cc4ccc(cc5nc(cc1n2)C=C5)[nH]4)[nH]3.Fc1c(F)c(F)c([B-](c2c(F)c(F)c(F)c(F)c2F)(c2c(F)c(F)c(F)c(F)c2F)c2c(F)c(F)c(F)c(F)c2F)c(F)c1F.[Mn+2].[c-]1ccccc1.[c-]1ccccc1.[c-]1ccccc1.[c-]1ccccc1. The second-order valence-electron chi connectivity index (χ2n) is 19.0. The number of hydrogen-bond acceptors (Lipinski definition) is 2. The van der Waals surface area contributed by atoms with Crippen LogP contribution in [0.4, 0.5) is 87.8 Å². The quantitative estimate of drug-likeness (QED) is 0.0607. The van der Waals surface area contributed by atoms with E-state index in [-0.39, 0.29) is 17.1 Å². The first-order valence-electron chi connectivity index (χ1n) is 26.4. The van der Waals surface area contributed by atoms with Crippen LogP contribution < -0.4 is 21.9 Å². The minimum atomic E-state index is -7.22. The van der Waals surface area contributed by atoms with Gasteiger partial charge in [-0.05, 0) is 72.8 Å². The fourth-order valence-corrected chi connectivity index (χ4v) is 9.19. The molecule has 2 aliphatic heterocycles. The van der Waals surface area contributed by atoms with Gasteiger partial charge in [0.1, 0.15) is 52.7 Å². The molecular formula is C68H34BF20MnN4-3. The van der Waals surface area contributed by atoms with E-state index >= 15 is 35.1 Å². The second kappa shape index (κ2) is 31.7. The molecule has 0 spiro atoms. The van der Waals surface area contributed by atoms with E-state index in [1.165, 1.54) is 0 Å². The van der Waals surface area contributed by atoms with Gasteiger partial charge in [0.2, 0.25) is 0 Å². The summed E-state index contributed by atoms with van der Waals surface area (Å²) in [5, 5.41) is 0. The zero-order valence-corrected chi connectivity index (χ0v) is 48.1. The Morgan fingerprint density at radius 1 is 0.234 bits per heavy atom. The van der Waals surface area contributed by atoms with Gasteiger partial charge < -0.3 is 9.97 Å². The summed E-state index contributed by atoms with van der Waals surface area (Å²) in [6.07, 6.45) is 0.830. The minimum Gasteiger partial charge on any atom is -0.355 e. The first-order valence-corrected chi connectivity index (χ1v) is 26.4. The predicted molar refractivity (Wildman–Crippen MR) is 309 cm³/mol. The number of hydrogen-bond donors (Lipinski definition) is 2. The summed E-state index contributed by atoms with van der Waals surface area (Å²) < 4.78 is 294. The molecule has 479 valence electrons. The molecule has 11 aromatic rings. The topological polar surface area (TPSA) is 57.4 Å². The van der Waals surface area contributed by atoms with Crippen LogP contribution in [-0.4, -0.2) is 26.1 Å². The number of nitrogens with one attached hydrogen (secondary N) is 2. The zero-order chi connectivity index (χ0) is 67.3. The summed E-state index contributed by atoms with van der Waals surface area (Å²) >= 11 is 0. The third kappa shape index (κ3) is 15.4. The average molecular weight is 1350 g/mol. The molecule has 0 fully saturated rings. The molecule has 2 N–H and O–H groups in total. The van der Waals surface area contributed by atoms with Crippen molar-refractivity contribution in [3.63, 3.8) is 0 Å². The summed E-state index contributed by atoms with van der Waals surface area (Å²) in [4.78, 5) is 16.0. The van der Waals surface area contributed by atoms with Crippen LogP contribution in [0.3, 0.4) is 0 Å². The number of benzene rings is 8. The van der Waals surface area contributed by atoms with E-state index in [9.17, 15) is 52.7 Å². The third-order valence-corrected chi connectivity index (χ3v) is 13.2. The predicted octanol–water partition coefficient (Wildman–Crippen LogP) is 16.4. The van der Waals surface area contributed by atoms with Crippen LogP contribution in [0.25, 0.3) is 46.4 Å². The van der Waals surface area contributed by atoms with Crippen molar-refractivity contribution in [2.24, 2.45) is 0 Å². The summed E-state index contributed by atoms with van der Waals surface area (Å²) in [6, 6.07) is 66.4. The van der Waals surface area contributed by atoms with Crippen LogP contribution in [0.1, 0.15) is 22.8 Å². The molecule has 13 rings (SSSR count). The molecule has 0 atom stereocenters. The largest absolute Gasteiger partial charge is 2.00 e. The Hall–Kier alpha value is -10.5. The molecule has 94 heavy (non-hydrogen) atoms. The van der Waals surface area contributed by atoms with E-state index in [2.05, 4.69) is 74.5 Å². The van der Waals surface area contributed by atoms with Gasteiger partial charge in [0.15, 0.2) is 69.8 Å². The molecule has 4 nitrogen and oxygen atoms in total. The zero-order valence-electron chi connectivity index (χ0n) is 46.9. The Balaban J connectivity index is 0.000000207. The monoisotopic (exact) mass is 1350 g/mol. The van der Waals surface area contributed by atoms with E-state index in [0.29, 0.717) is 0 Å². The van der Waals surface area contributed by atoms with Crippen molar-refractivity contribution in [2.75, 3.05) is 0 Å². The molecular weight excluding hydrogens is 1320 g/mol. The van der Waals surface area contributed by atoms with E-state index in [1.54, 1.807) is 0 Å². The van der Waals surface area contributed by atoms with Gasteiger partial charge in [-0.2, -0.15) is 146 Å². The van der Waals surface area contributed by atoms with Crippen LogP contribution >= 0.6 is 0 Å². The number of rotatable bonds is 4. The fourth-order valence-electron chi connectivity index (χ4n) is 9.19. The molecule has 5 heterocycles. The number of aromatic nitrogens is 4. The number of halogens is 20. The molecule has 0 saturated heterocycles. The molecule has 8 aromatic carbocycles. The van der Waals surface area contributed by atoms with Crippen LogP contribution in [0, 0.1) is 141 Å². The molecule has 26 heteroatoms. The molecule has 0 amide bonds. The number of fused-ring (bicyclic) bond motifs is 8. The molecule has 3 aromatic heterocycles. The van der Waals surface area contributed by atoms with Crippen molar-refractivity contribution in [2.45, 2.75) is 0 Å². The Morgan fingerprint density at radius 2 is 0.415 bits per heavy atom. The number of nitrogens with zero attached hydrogens (tertiary/aromatic N) is 2. The maximum Gasteiger partial charge on any atom is 2.00 e. The smallest absolute Gasteiger partial charge is 0.355 e. The van der Waals surface area contributed by atoms with Crippen molar-refractivity contribution in [1.29, 1.82) is 0 Å². The molecule has 0 saturated carbocycles.